The van der Waals surface area contributed by atoms with E-state index in [0.29, 0.717) is 11.4 Å². The molecule has 1 aromatic rings. The second kappa shape index (κ2) is 7.61. The Morgan fingerprint density at radius 3 is 2.29 bits per heavy atom. The number of carbonyl (C=O) groups excluding carboxylic acids is 2. The van der Waals surface area contributed by atoms with Gasteiger partial charge in [-0.3, -0.25) is 9.63 Å². The Morgan fingerprint density at radius 2 is 1.75 bits per heavy atom. The van der Waals surface area contributed by atoms with Gasteiger partial charge in [0.1, 0.15) is 17.8 Å². The van der Waals surface area contributed by atoms with Crippen LogP contribution in [0.3, 0.4) is 0 Å². The molecule has 9 heteroatoms. The monoisotopic (exact) mass is 341 g/mol. The molecule has 0 aliphatic rings. The molecule has 2 N–H and O–H groups in total. The summed E-state index contributed by atoms with van der Waals surface area (Å²) < 4.78 is 6.59. The highest BCUT2D eigenvalue weighted by molar-refractivity contribution is 5.74. The first-order valence-electron chi connectivity index (χ1n) is 7.70. The van der Waals surface area contributed by atoms with Crippen LogP contribution in [0.25, 0.3) is 0 Å². The van der Waals surface area contributed by atoms with Crippen LogP contribution < -0.4 is 10.8 Å². The van der Waals surface area contributed by atoms with Crippen LogP contribution in [0.5, 0.6) is 0 Å². The predicted molar refractivity (Wildman–Crippen MR) is 86.8 cm³/mol. The molecular weight excluding hydrogens is 314 g/mol. The summed E-state index contributed by atoms with van der Waals surface area (Å²) in [5.41, 5.74) is 2.56. The van der Waals surface area contributed by atoms with Gasteiger partial charge in [-0.1, -0.05) is 5.21 Å². The molecule has 9 nitrogen and oxygen atoms in total. The number of rotatable bonds is 5. The van der Waals surface area contributed by atoms with Gasteiger partial charge in [-0.15, -0.1) is 5.10 Å². The fourth-order valence-electron chi connectivity index (χ4n) is 1.56. The first kappa shape index (κ1) is 19.9. The Balaban J connectivity index is 2.54. The third-order valence-corrected chi connectivity index (χ3v) is 2.64. The van der Waals surface area contributed by atoms with Gasteiger partial charge < -0.3 is 10.1 Å². The Hall–Kier alpha value is -2.16. The fraction of sp³-hybridized carbons (Fsp3) is 0.733. The molecule has 0 fully saturated rings. The first-order chi connectivity index (χ1) is 10.9. The first-order valence-corrected chi connectivity index (χ1v) is 7.70. The molecule has 0 aliphatic carbocycles. The van der Waals surface area contributed by atoms with Gasteiger partial charge in [0.25, 0.3) is 5.91 Å². The molecule has 0 radical (unpaired) electrons. The third kappa shape index (κ3) is 7.40. The van der Waals surface area contributed by atoms with Crippen LogP contribution in [0.1, 0.15) is 52.9 Å². The molecule has 1 heterocycles. The molecule has 136 valence electrons. The quantitative estimate of drug-likeness (QED) is 0.785. The molecule has 1 aromatic heterocycles. The number of hydrogen-bond donors (Lipinski definition) is 2. The van der Waals surface area contributed by atoms with Crippen LogP contribution >= 0.6 is 0 Å². The van der Waals surface area contributed by atoms with Crippen LogP contribution in [-0.2, 0) is 27.5 Å². The lowest BCUT2D eigenvalue weighted by atomic mass is 10.2. The number of nitrogens with zero attached hydrogens (tertiary/aromatic N) is 3. The SMILES string of the molecule is Cc1c(CNC(=O)OC(C)(C)C)nnn1CC(=O)NOC(C)(C)C. The largest absolute Gasteiger partial charge is 0.444 e. The standard InChI is InChI=1S/C15H27N5O4/c1-10-11(8-16-13(22)23-14(2,3)4)17-19-20(10)9-12(21)18-24-15(5,6)7/h8-9H2,1-7H3,(H,16,22)(H,18,21). The summed E-state index contributed by atoms with van der Waals surface area (Å²) in [6, 6.07) is 0. The Kier molecular flexibility index (Phi) is 6.30. The van der Waals surface area contributed by atoms with Crippen molar-refractivity contribution < 1.29 is 19.2 Å². The van der Waals surface area contributed by atoms with Gasteiger partial charge >= 0.3 is 6.09 Å². The second-order valence-electron chi connectivity index (χ2n) is 7.37. The number of ether oxygens (including phenoxy) is 1. The minimum Gasteiger partial charge on any atom is -0.444 e. The minimum atomic E-state index is -0.568. The summed E-state index contributed by atoms with van der Waals surface area (Å²) in [5, 5.41) is 10.5. The van der Waals surface area contributed by atoms with E-state index in [1.54, 1.807) is 27.7 Å². The van der Waals surface area contributed by atoms with E-state index in [9.17, 15) is 9.59 Å². The van der Waals surface area contributed by atoms with Crippen LogP contribution in [0, 0.1) is 6.92 Å². The summed E-state index contributed by atoms with van der Waals surface area (Å²) in [7, 11) is 0. The molecule has 0 saturated heterocycles. The Labute approximate surface area is 142 Å². The van der Waals surface area contributed by atoms with Gasteiger partial charge in [-0.25, -0.2) is 15.0 Å². The second-order valence-corrected chi connectivity index (χ2v) is 7.37. The van der Waals surface area contributed by atoms with Crippen LogP contribution in [-0.4, -0.2) is 38.2 Å². The van der Waals surface area contributed by atoms with Crippen molar-refractivity contribution >= 4 is 12.0 Å². The predicted octanol–water partition coefficient (Wildman–Crippen LogP) is 1.46. The smallest absolute Gasteiger partial charge is 0.407 e. The third-order valence-electron chi connectivity index (χ3n) is 2.64. The van der Waals surface area contributed by atoms with Crippen molar-refractivity contribution in [3.8, 4) is 0 Å². The van der Waals surface area contributed by atoms with E-state index in [0.717, 1.165) is 0 Å². The maximum absolute atomic E-state index is 11.8. The molecule has 0 atom stereocenters. The van der Waals surface area contributed by atoms with Crippen LogP contribution in [0.2, 0.25) is 0 Å². The molecule has 0 saturated carbocycles. The average molecular weight is 341 g/mol. The minimum absolute atomic E-state index is 0.0264. The molecule has 0 spiro atoms. The summed E-state index contributed by atoms with van der Waals surface area (Å²) in [5.74, 6) is -0.343. The molecular formula is C15H27N5O4. The normalized spacial score (nSPS) is 12.0. The lowest BCUT2D eigenvalue weighted by molar-refractivity contribution is -0.146. The van der Waals surface area contributed by atoms with E-state index in [-0.39, 0.29) is 19.0 Å². The van der Waals surface area contributed by atoms with Gasteiger partial charge in [0.15, 0.2) is 0 Å². The molecule has 0 unspecified atom stereocenters. The molecule has 1 rings (SSSR count). The maximum Gasteiger partial charge on any atom is 0.407 e. The van der Waals surface area contributed by atoms with Crippen molar-refractivity contribution in [1.29, 1.82) is 0 Å². The van der Waals surface area contributed by atoms with Crippen molar-refractivity contribution in [3.05, 3.63) is 11.4 Å². The van der Waals surface area contributed by atoms with Crippen LogP contribution in [0.15, 0.2) is 0 Å². The van der Waals surface area contributed by atoms with Crippen molar-refractivity contribution in [2.45, 2.75) is 72.8 Å². The molecule has 0 aliphatic heterocycles. The van der Waals surface area contributed by atoms with Gasteiger partial charge in [0, 0.05) is 0 Å². The average Bonchev–Trinajstić information content (AvgIpc) is 2.73. The van der Waals surface area contributed by atoms with Crippen molar-refractivity contribution in [2.24, 2.45) is 0 Å². The number of alkyl carbamates (subject to hydrolysis) is 1. The highest BCUT2D eigenvalue weighted by Gasteiger charge is 2.18. The van der Waals surface area contributed by atoms with E-state index >= 15 is 0 Å². The van der Waals surface area contributed by atoms with Crippen molar-refractivity contribution in [1.82, 2.24) is 25.8 Å². The lowest BCUT2D eigenvalue weighted by Gasteiger charge is -2.19. The molecule has 0 aromatic carbocycles. The van der Waals surface area contributed by atoms with E-state index in [4.69, 9.17) is 9.57 Å². The number of aromatic nitrogens is 3. The van der Waals surface area contributed by atoms with Gasteiger partial charge in [-0.05, 0) is 48.5 Å². The van der Waals surface area contributed by atoms with Crippen LogP contribution in [0.4, 0.5) is 4.79 Å². The number of carbonyl (C=O) groups is 2. The zero-order valence-corrected chi connectivity index (χ0v) is 15.4. The van der Waals surface area contributed by atoms with E-state index in [1.165, 1.54) is 4.68 Å². The van der Waals surface area contributed by atoms with Crippen molar-refractivity contribution in [2.75, 3.05) is 0 Å². The molecule has 2 amide bonds. The van der Waals surface area contributed by atoms with Gasteiger partial charge in [0.2, 0.25) is 0 Å². The zero-order chi connectivity index (χ0) is 18.5. The topological polar surface area (TPSA) is 107 Å². The number of amides is 2. The number of hydrogen-bond acceptors (Lipinski definition) is 6. The Morgan fingerprint density at radius 1 is 1.12 bits per heavy atom. The van der Waals surface area contributed by atoms with Crippen molar-refractivity contribution in [3.63, 3.8) is 0 Å². The number of nitrogens with one attached hydrogen (secondary N) is 2. The zero-order valence-electron chi connectivity index (χ0n) is 15.4. The summed E-state index contributed by atoms with van der Waals surface area (Å²) in [6.07, 6.45) is -0.534. The summed E-state index contributed by atoms with van der Waals surface area (Å²) in [6.45, 7) is 12.7. The van der Waals surface area contributed by atoms with Gasteiger partial charge in [0.05, 0.1) is 17.8 Å². The van der Waals surface area contributed by atoms with E-state index in [2.05, 4.69) is 21.1 Å². The maximum atomic E-state index is 11.8. The van der Waals surface area contributed by atoms with E-state index < -0.39 is 17.3 Å². The number of hydroxylamine groups is 1. The van der Waals surface area contributed by atoms with Gasteiger partial charge in [-0.2, -0.15) is 0 Å². The highest BCUT2D eigenvalue weighted by Crippen LogP contribution is 2.08. The lowest BCUT2D eigenvalue weighted by Crippen LogP contribution is -2.35. The van der Waals surface area contributed by atoms with E-state index in [1.807, 2.05) is 20.8 Å². The highest BCUT2D eigenvalue weighted by atomic mass is 16.7. The molecule has 24 heavy (non-hydrogen) atoms. The fourth-order valence-corrected chi connectivity index (χ4v) is 1.56. The summed E-state index contributed by atoms with van der Waals surface area (Å²) >= 11 is 0. The molecule has 0 bridgehead atoms. The summed E-state index contributed by atoms with van der Waals surface area (Å²) in [4.78, 5) is 28.7. The Bertz CT molecular complexity index is 584.